The fourth-order valence-corrected chi connectivity index (χ4v) is 2.01. The summed E-state index contributed by atoms with van der Waals surface area (Å²) in [6.07, 6.45) is 0. The summed E-state index contributed by atoms with van der Waals surface area (Å²) >= 11 is 0. The number of hydrogen-bond acceptors (Lipinski definition) is 3. The molecule has 0 aliphatic heterocycles. The summed E-state index contributed by atoms with van der Waals surface area (Å²) < 4.78 is 1.71. The number of rotatable bonds is 4. The molecule has 1 unspecified atom stereocenters. The largest absolute Gasteiger partial charge is 0.390 e. The Labute approximate surface area is 111 Å². The quantitative estimate of drug-likeness (QED) is 0.864. The van der Waals surface area contributed by atoms with Gasteiger partial charge in [-0.05, 0) is 24.6 Å². The van der Waals surface area contributed by atoms with Gasteiger partial charge in [0.05, 0.1) is 23.9 Å². The van der Waals surface area contributed by atoms with Gasteiger partial charge in [-0.25, -0.2) is 0 Å². The second kappa shape index (κ2) is 5.24. The second-order valence-corrected chi connectivity index (χ2v) is 4.55. The minimum atomic E-state index is -0.349. The number of benzene rings is 1. The molecule has 1 aromatic carbocycles. The van der Waals surface area contributed by atoms with Gasteiger partial charge in [-0.15, -0.1) is 0 Å². The lowest BCUT2D eigenvalue weighted by molar-refractivity contribution is -0.119. The van der Waals surface area contributed by atoms with Crippen molar-refractivity contribution in [3.63, 3.8) is 0 Å². The first-order valence-electron chi connectivity index (χ1n) is 6.06. The Hall–Kier alpha value is -2.14. The molecule has 3 N–H and O–H groups in total. The highest BCUT2D eigenvalue weighted by molar-refractivity contribution is 5.82. The zero-order valence-electron chi connectivity index (χ0n) is 11.0. The molecule has 0 radical (unpaired) electrons. The van der Waals surface area contributed by atoms with Gasteiger partial charge in [-0.3, -0.25) is 9.48 Å². The summed E-state index contributed by atoms with van der Waals surface area (Å²) in [5, 5.41) is 13.3. The van der Waals surface area contributed by atoms with Crippen molar-refractivity contribution in [2.24, 2.45) is 12.8 Å². The number of nitrogens with two attached hydrogens (primary N) is 1. The van der Waals surface area contributed by atoms with Crippen LogP contribution in [0.2, 0.25) is 0 Å². The van der Waals surface area contributed by atoms with Crippen LogP contribution >= 0.6 is 0 Å². The van der Waals surface area contributed by atoms with Gasteiger partial charge >= 0.3 is 0 Å². The summed E-state index contributed by atoms with van der Waals surface area (Å²) in [7, 11) is 1.82. The Morgan fingerprint density at radius 2 is 2.21 bits per heavy atom. The van der Waals surface area contributed by atoms with Crippen molar-refractivity contribution in [1.29, 1.82) is 0 Å². The van der Waals surface area contributed by atoms with E-state index in [0.717, 1.165) is 16.8 Å². The SMILES string of the molecule is CC(C(N)=O)c1cccc(-c2cc(CO)nn2C)c1. The smallest absolute Gasteiger partial charge is 0.224 e. The molecule has 19 heavy (non-hydrogen) atoms. The predicted molar refractivity (Wildman–Crippen MR) is 72.2 cm³/mol. The number of carbonyl (C=O) groups is 1. The standard InChI is InChI=1S/C14H17N3O2/c1-9(14(15)19)10-4-3-5-11(6-10)13-7-12(8-18)16-17(13)2/h3-7,9,18H,8H2,1-2H3,(H2,15,19). The Balaban J connectivity index is 2.42. The van der Waals surface area contributed by atoms with E-state index in [-0.39, 0.29) is 18.4 Å². The second-order valence-electron chi connectivity index (χ2n) is 4.55. The first-order chi connectivity index (χ1) is 9.02. The molecule has 0 aliphatic rings. The van der Waals surface area contributed by atoms with Crippen LogP contribution in [-0.2, 0) is 18.4 Å². The van der Waals surface area contributed by atoms with Crippen molar-refractivity contribution in [2.45, 2.75) is 19.4 Å². The fraction of sp³-hybridized carbons (Fsp3) is 0.286. The third kappa shape index (κ3) is 2.66. The van der Waals surface area contributed by atoms with Crippen molar-refractivity contribution in [3.8, 4) is 11.3 Å². The van der Waals surface area contributed by atoms with Crippen LogP contribution in [0.4, 0.5) is 0 Å². The molecule has 5 nitrogen and oxygen atoms in total. The monoisotopic (exact) mass is 259 g/mol. The summed E-state index contributed by atoms with van der Waals surface area (Å²) in [4.78, 5) is 11.2. The average molecular weight is 259 g/mol. The van der Waals surface area contributed by atoms with Crippen molar-refractivity contribution >= 4 is 5.91 Å². The van der Waals surface area contributed by atoms with Gasteiger partial charge in [0.2, 0.25) is 5.91 Å². The zero-order valence-corrected chi connectivity index (χ0v) is 11.0. The van der Waals surface area contributed by atoms with Gasteiger partial charge in [0.1, 0.15) is 0 Å². The third-order valence-electron chi connectivity index (χ3n) is 3.20. The summed E-state index contributed by atoms with van der Waals surface area (Å²) in [6, 6.07) is 9.45. The molecule has 0 aliphatic carbocycles. The molecule has 0 fully saturated rings. The number of aliphatic hydroxyl groups is 1. The number of nitrogens with zero attached hydrogens (tertiary/aromatic N) is 2. The molecular weight excluding hydrogens is 242 g/mol. The first-order valence-corrected chi connectivity index (χ1v) is 6.06. The van der Waals surface area contributed by atoms with E-state index in [1.165, 1.54) is 0 Å². The molecule has 100 valence electrons. The maximum Gasteiger partial charge on any atom is 0.224 e. The van der Waals surface area contributed by atoms with Crippen LogP contribution in [0.25, 0.3) is 11.3 Å². The number of amides is 1. The summed E-state index contributed by atoms with van der Waals surface area (Å²) in [5.74, 6) is -0.677. The van der Waals surface area contributed by atoms with Gasteiger partial charge < -0.3 is 10.8 Å². The van der Waals surface area contributed by atoms with Crippen LogP contribution in [0.1, 0.15) is 24.1 Å². The Bertz CT molecular complexity index is 604. The lowest BCUT2D eigenvalue weighted by atomic mass is 9.97. The van der Waals surface area contributed by atoms with E-state index in [0.29, 0.717) is 5.69 Å². The molecule has 1 amide bonds. The van der Waals surface area contributed by atoms with E-state index in [9.17, 15) is 4.79 Å². The van der Waals surface area contributed by atoms with E-state index in [2.05, 4.69) is 5.10 Å². The summed E-state index contributed by atoms with van der Waals surface area (Å²) in [5.41, 5.74) is 8.65. The molecule has 2 aromatic rings. The van der Waals surface area contributed by atoms with Crippen LogP contribution in [0.5, 0.6) is 0 Å². The molecule has 1 atom stereocenters. The van der Waals surface area contributed by atoms with Gasteiger partial charge in [0, 0.05) is 12.6 Å². The third-order valence-corrected chi connectivity index (χ3v) is 3.20. The molecule has 0 saturated heterocycles. The van der Waals surface area contributed by atoms with Crippen LogP contribution in [0.3, 0.4) is 0 Å². The molecule has 0 saturated carbocycles. The van der Waals surface area contributed by atoms with Crippen molar-refractivity contribution < 1.29 is 9.90 Å². The fourth-order valence-electron chi connectivity index (χ4n) is 2.01. The number of aromatic nitrogens is 2. The number of aryl methyl sites for hydroxylation is 1. The Morgan fingerprint density at radius 3 is 2.79 bits per heavy atom. The van der Waals surface area contributed by atoms with Gasteiger partial charge in [-0.1, -0.05) is 18.2 Å². The van der Waals surface area contributed by atoms with Crippen LogP contribution in [-0.4, -0.2) is 20.8 Å². The minimum Gasteiger partial charge on any atom is -0.390 e. The van der Waals surface area contributed by atoms with Gasteiger partial charge in [0.25, 0.3) is 0 Å². The average Bonchev–Trinajstić information content (AvgIpc) is 2.79. The highest BCUT2D eigenvalue weighted by Gasteiger charge is 2.13. The van der Waals surface area contributed by atoms with E-state index in [4.69, 9.17) is 10.8 Å². The summed E-state index contributed by atoms with van der Waals surface area (Å²) in [6.45, 7) is 1.69. The normalized spacial score (nSPS) is 12.4. The van der Waals surface area contributed by atoms with Gasteiger partial charge in [-0.2, -0.15) is 5.10 Å². The molecule has 2 rings (SSSR count). The number of primary amides is 1. The number of aliphatic hydroxyl groups excluding tert-OH is 1. The minimum absolute atomic E-state index is 0.0920. The van der Waals surface area contributed by atoms with Crippen LogP contribution in [0, 0.1) is 0 Å². The lowest BCUT2D eigenvalue weighted by Gasteiger charge is -2.09. The van der Waals surface area contributed by atoms with Crippen molar-refractivity contribution in [1.82, 2.24) is 9.78 Å². The molecule has 1 aromatic heterocycles. The molecule has 0 spiro atoms. The maximum atomic E-state index is 11.2. The number of hydrogen-bond donors (Lipinski definition) is 2. The highest BCUT2D eigenvalue weighted by Crippen LogP contribution is 2.24. The Kier molecular flexibility index (Phi) is 3.66. The van der Waals surface area contributed by atoms with Crippen LogP contribution < -0.4 is 5.73 Å². The van der Waals surface area contributed by atoms with Crippen molar-refractivity contribution in [3.05, 3.63) is 41.6 Å². The molecule has 0 bridgehead atoms. The van der Waals surface area contributed by atoms with Gasteiger partial charge in [0.15, 0.2) is 0 Å². The van der Waals surface area contributed by atoms with Crippen molar-refractivity contribution in [2.75, 3.05) is 0 Å². The lowest BCUT2D eigenvalue weighted by Crippen LogP contribution is -2.18. The topological polar surface area (TPSA) is 81.1 Å². The van der Waals surface area contributed by atoms with E-state index >= 15 is 0 Å². The highest BCUT2D eigenvalue weighted by atomic mass is 16.3. The van der Waals surface area contributed by atoms with E-state index in [1.807, 2.05) is 37.4 Å². The molecule has 1 heterocycles. The predicted octanol–water partition coefficient (Wildman–Crippen LogP) is 1.17. The zero-order chi connectivity index (χ0) is 14.0. The maximum absolute atomic E-state index is 11.2. The van der Waals surface area contributed by atoms with Crippen LogP contribution in [0.15, 0.2) is 30.3 Å². The first kappa shape index (κ1) is 13.3. The Morgan fingerprint density at radius 1 is 1.47 bits per heavy atom. The number of carbonyl (C=O) groups excluding carboxylic acids is 1. The molecular formula is C14H17N3O2. The molecule has 5 heteroatoms. The van der Waals surface area contributed by atoms with E-state index < -0.39 is 0 Å². The van der Waals surface area contributed by atoms with E-state index in [1.54, 1.807) is 11.6 Å².